The number of likely N-dealkylation sites (tertiary alicyclic amines) is 1. The highest BCUT2D eigenvalue weighted by Gasteiger charge is 2.55. The first-order valence-corrected chi connectivity index (χ1v) is 9.29. The monoisotopic (exact) mass is 365 g/mol. The van der Waals surface area contributed by atoms with Crippen LogP contribution in [0.5, 0.6) is 0 Å². The summed E-state index contributed by atoms with van der Waals surface area (Å²) in [7, 11) is 1.93. The number of benzene rings is 1. The Balaban J connectivity index is 1.50. The number of carboxylic acid groups (broad SMARTS) is 1. The summed E-state index contributed by atoms with van der Waals surface area (Å²) in [5, 5.41) is 9.69. The average Bonchev–Trinajstić information content (AvgIpc) is 3.26. The highest BCUT2D eigenvalue weighted by atomic mass is 16.4. The molecule has 0 radical (unpaired) electrons. The maximum atomic E-state index is 12.9. The molecule has 0 unspecified atom stereocenters. The van der Waals surface area contributed by atoms with Crippen molar-refractivity contribution in [2.75, 3.05) is 25.0 Å². The Bertz CT molecular complexity index is 853. The van der Waals surface area contributed by atoms with E-state index in [0.717, 1.165) is 24.3 Å². The van der Waals surface area contributed by atoms with Crippen molar-refractivity contribution in [2.45, 2.75) is 19.3 Å². The van der Waals surface area contributed by atoms with Gasteiger partial charge in [-0.05, 0) is 43.0 Å². The van der Waals surface area contributed by atoms with Crippen molar-refractivity contribution in [2.24, 2.45) is 11.3 Å². The lowest BCUT2D eigenvalue weighted by molar-refractivity contribution is -0.149. The van der Waals surface area contributed by atoms with Crippen LogP contribution < -0.4 is 4.90 Å². The molecule has 6 nitrogen and oxygen atoms in total. The van der Waals surface area contributed by atoms with Gasteiger partial charge in [0.2, 0.25) is 0 Å². The number of fused-ring (bicyclic) bond motifs is 1. The number of anilines is 2. The lowest BCUT2D eigenvalue weighted by Crippen LogP contribution is -2.37. The minimum atomic E-state index is -0.766. The molecule has 27 heavy (non-hydrogen) atoms. The summed E-state index contributed by atoms with van der Waals surface area (Å²) in [5.41, 5.74) is 0.761. The van der Waals surface area contributed by atoms with E-state index in [1.807, 2.05) is 48.3 Å². The molecule has 4 rings (SSSR count). The topological polar surface area (TPSA) is 73.7 Å². The molecule has 140 valence electrons. The second-order valence-electron chi connectivity index (χ2n) is 7.54. The van der Waals surface area contributed by atoms with Gasteiger partial charge in [0.15, 0.2) is 0 Å². The molecule has 2 aromatic rings. The normalized spacial score (nSPS) is 23.9. The summed E-state index contributed by atoms with van der Waals surface area (Å²) in [6.45, 7) is 0.828. The van der Waals surface area contributed by atoms with Crippen LogP contribution >= 0.6 is 0 Å². The van der Waals surface area contributed by atoms with Gasteiger partial charge in [-0.15, -0.1) is 0 Å². The number of pyridine rings is 1. The number of carboxylic acids is 1. The van der Waals surface area contributed by atoms with Crippen LogP contribution in [-0.2, 0) is 4.79 Å². The van der Waals surface area contributed by atoms with E-state index in [9.17, 15) is 14.7 Å². The largest absolute Gasteiger partial charge is 0.481 e. The second kappa shape index (κ2) is 6.68. The molecule has 0 bridgehead atoms. The Labute approximate surface area is 158 Å². The van der Waals surface area contributed by atoms with E-state index in [1.165, 1.54) is 0 Å². The molecular formula is C21H23N3O3. The zero-order chi connectivity index (χ0) is 19.0. The molecule has 1 aliphatic heterocycles. The fourth-order valence-corrected chi connectivity index (χ4v) is 4.47. The molecular weight excluding hydrogens is 342 g/mol. The second-order valence-corrected chi connectivity index (χ2v) is 7.54. The van der Waals surface area contributed by atoms with E-state index in [4.69, 9.17) is 0 Å². The molecule has 1 aromatic carbocycles. The summed E-state index contributed by atoms with van der Waals surface area (Å²) in [4.78, 5) is 32.8. The summed E-state index contributed by atoms with van der Waals surface area (Å²) in [5.74, 6) is -0.0851. The molecule has 1 amide bonds. The van der Waals surface area contributed by atoms with Crippen LogP contribution in [0.1, 0.15) is 29.6 Å². The van der Waals surface area contributed by atoms with Crippen molar-refractivity contribution in [3.63, 3.8) is 0 Å². The van der Waals surface area contributed by atoms with Crippen LogP contribution in [0.15, 0.2) is 48.7 Å². The molecule has 0 spiro atoms. The van der Waals surface area contributed by atoms with Crippen LogP contribution in [0.25, 0.3) is 0 Å². The first-order chi connectivity index (χ1) is 13.0. The zero-order valence-corrected chi connectivity index (χ0v) is 15.3. The predicted octanol–water partition coefficient (Wildman–Crippen LogP) is 3.18. The summed E-state index contributed by atoms with van der Waals surface area (Å²) in [6.07, 6.45) is 4.06. The van der Waals surface area contributed by atoms with E-state index in [1.54, 1.807) is 17.2 Å². The Morgan fingerprint density at radius 2 is 2.00 bits per heavy atom. The quantitative estimate of drug-likeness (QED) is 0.901. The van der Waals surface area contributed by atoms with Gasteiger partial charge < -0.3 is 14.9 Å². The third-order valence-electron chi connectivity index (χ3n) is 6.07. The Morgan fingerprint density at radius 1 is 1.22 bits per heavy atom. The molecule has 1 saturated carbocycles. The summed E-state index contributed by atoms with van der Waals surface area (Å²) in [6, 6.07) is 13.5. The highest BCUT2D eigenvalue weighted by molar-refractivity contribution is 5.95. The van der Waals surface area contributed by atoms with Crippen LogP contribution in [0, 0.1) is 11.3 Å². The van der Waals surface area contributed by atoms with Crippen LogP contribution in [0.3, 0.4) is 0 Å². The predicted molar refractivity (Wildman–Crippen MR) is 102 cm³/mol. The lowest BCUT2D eigenvalue weighted by Gasteiger charge is -2.23. The number of hydrogen-bond acceptors (Lipinski definition) is 4. The van der Waals surface area contributed by atoms with Gasteiger partial charge in [-0.1, -0.05) is 24.6 Å². The molecule has 1 N–H and O–H groups in total. The van der Waals surface area contributed by atoms with Crippen LogP contribution in [-0.4, -0.2) is 47.0 Å². The third kappa shape index (κ3) is 2.95. The third-order valence-corrected chi connectivity index (χ3v) is 6.07. The number of aromatic nitrogens is 1. The van der Waals surface area contributed by atoms with Gasteiger partial charge >= 0.3 is 5.97 Å². The van der Waals surface area contributed by atoms with Gasteiger partial charge in [0.25, 0.3) is 5.91 Å². The molecule has 2 fully saturated rings. The van der Waals surface area contributed by atoms with Gasteiger partial charge in [-0.25, -0.2) is 4.98 Å². The van der Waals surface area contributed by atoms with Gasteiger partial charge in [0.05, 0.1) is 11.0 Å². The number of carbonyl (C=O) groups is 2. The first-order valence-electron chi connectivity index (χ1n) is 9.29. The SMILES string of the molecule is CN(c1ccccc1)c1ccc(C(=O)N2C[C@@H]3CCC[C@@]3(C(=O)O)C2)cn1. The summed E-state index contributed by atoms with van der Waals surface area (Å²) < 4.78 is 0. The average molecular weight is 365 g/mol. The molecule has 1 saturated heterocycles. The van der Waals surface area contributed by atoms with Gasteiger partial charge in [-0.2, -0.15) is 0 Å². The lowest BCUT2D eigenvalue weighted by atomic mass is 9.81. The maximum absolute atomic E-state index is 12.9. The molecule has 2 heterocycles. The Morgan fingerprint density at radius 3 is 2.63 bits per heavy atom. The van der Waals surface area contributed by atoms with Crippen molar-refractivity contribution >= 4 is 23.4 Å². The van der Waals surface area contributed by atoms with Gasteiger partial charge in [0.1, 0.15) is 5.82 Å². The molecule has 1 aromatic heterocycles. The number of rotatable bonds is 4. The number of nitrogens with zero attached hydrogens (tertiary/aromatic N) is 3. The minimum Gasteiger partial charge on any atom is -0.481 e. The van der Waals surface area contributed by atoms with Crippen molar-refractivity contribution in [3.8, 4) is 0 Å². The van der Waals surface area contributed by atoms with Crippen molar-refractivity contribution < 1.29 is 14.7 Å². The van der Waals surface area contributed by atoms with E-state index in [0.29, 0.717) is 25.1 Å². The zero-order valence-electron chi connectivity index (χ0n) is 15.3. The number of aliphatic carboxylic acids is 1. The number of hydrogen-bond donors (Lipinski definition) is 1. The number of carbonyl (C=O) groups excluding carboxylic acids is 1. The highest BCUT2D eigenvalue weighted by Crippen LogP contribution is 2.49. The van der Waals surface area contributed by atoms with E-state index < -0.39 is 11.4 Å². The number of amides is 1. The van der Waals surface area contributed by atoms with Gasteiger partial charge in [-0.3, -0.25) is 9.59 Å². The van der Waals surface area contributed by atoms with E-state index >= 15 is 0 Å². The van der Waals surface area contributed by atoms with E-state index in [2.05, 4.69) is 4.98 Å². The Hall–Kier alpha value is -2.89. The smallest absolute Gasteiger partial charge is 0.311 e. The van der Waals surface area contributed by atoms with Crippen molar-refractivity contribution in [3.05, 3.63) is 54.2 Å². The molecule has 2 aliphatic rings. The molecule has 6 heteroatoms. The number of para-hydroxylation sites is 1. The van der Waals surface area contributed by atoms with Crippen molar-refractivity contribution in [1.29, 1.82) is 0 Å². The van der Waals surface area contributed by atoms with Gasteiger partial charge in [0, 0.05) is 32.0 Å². The first kappa shape index (κ1) is 17.5. The standard InChI is InChI=1S/C21H23N3O3/c1-23(17-7-3-2-4-8-17)18-10-9-15(12-22-18)19(25)24-13-16-6-5-11-21(16,14-24)20(26)27/h2-4,7-10,12,16H,5-6,11,13-14H2,1H3,(H,26,27)/t16-,21+/m0/s1. The van der Waals surface area contributed by atoms with E-state index in [-0.39, 0.29) is 11.8 Å². The van der Waals surface area contributed by atoms with Crippen LogP contribution in [0.2, 0.25) is 0 Å². The maximum Gasteiger partial charge on any atom is 0.311 e. The fourth-order valence-electron chi connectivity index (χ4n) is 4.47. The van der Waals surface area contributed by atoms with Crippen molar-refractivity contribution in [1.82, 2.24) is 9.88 Å². The Kier molecular flexibility index (Phi) is 4.34. The molecule has 2 atom stereocenters. The summed E-state index contributed by atoms with van der Waals surface area (Å²) >= 11 is 0. The minimum absolute atomic E-state index is 0.0652. The van der Waals surface area contributed by atoms with Crippen LogP contribution in [0.4, 0.5) is 11.5 Å². The molecule has 1 aliphatic carbocycles. The fraction of sp³-hybridized carbons (Fsp3) is 0.381.